The first-order chi connectivity index (χ1) is 9.20. The van der Waals surface area contributed by atoms with Crippen LogP contribution in [0.3, 0.4) is 0 Å². The number of nitrogens with zero attached hydrogens (tertiary/aromatic N) is 2. The molecule has 0 spiro atoms. The minimum atomic E-state index is 0.449. The third kappa shape index (κ3) is 1.96. The monoisotopic (exact) mass is 259 g/mol. The summed E-state index contributed by atoms with van der Waals surface area (Å²) in [6.07, 6.45) is 0. The largest absolute Gasteiger partial charge is 0.486 e. The summed E-state index contributed by atoms with van der Waals surface area (Å²) in [6, 6.07) is 5.89. The van der Waals surface area contributed by atoms with E-state index in [1.54, 1.807) is 0 Å². The maximum absolute atomic E-state index is 5.70. The average molecular weight is 259 g/mol. The van der Waals surface area contributed by atoms with Crippen molar-refractivity contribution in [3.63, 3.8) is 0 Å². The van der Waals surface area contributed by atoms with Crippen molar-refractivity contribution in [3.05, 3.63) is 29.6 Å². The second-order valence-corrected chi connectivity index (χ2v) is 4.59. The molecule has 0 saturated heterocycles. The lowest BCUT2D eigenvalue weighted by atomic mass is 10.2. The standard InChI is InChI=1S/C14H17N3O2/c1-9-11(8-15)16-14(17(9)2)10-3-4-12-13(7-10)19-6-5-18-12/h3-4,7H,5-6,8,15H2,1-2H3. The minimum absolute atomic E-state index is 0.449. The van der Waals surface area contributed by atoms with E-state index >= 15 is 0 Å². The molecule has 5 heteroatoms. The lowest BCUT2D eigenvalue weighted by Gasteiger charge is -2.18. The van der Waals surface area contributed by atoms with Crippen LogP contribution in [0.2, 0.25) is 0 Å². The maximum atomic E-state index is 5.70. The molecule has 1 aromatic heterocycles. The molecule has 1 aliphatic rings. The van der Waals surface area contributed by atoms with E-state index in [-0.39, 0.29) is 0 Å². The molecule has 2 N–H and O–H groups in total. The molecule has 1 aromatic carbocycles. The molecular formula is C14H17N3O2. The van der Waals surface area contributed by atoms with E-state index in [0.717, 1.165) is 34.3 Å². The normalized spacial score (nSPS) is 13.6. The van der Waals surface area contributed by atoms with Gasteiger partial charge in [-0.1, -0.05) is 0 Å². The molecule has 2 aromatic rings. The SMILES string of the molecule is Cc1c(CN)nc(-c2ccc3c(c2)OCCO3)n1C. The first-order valence-electron chi connectivity index (χ1n) is 6.33. The Labute approximate surface area is 112 Å². The Hall–Kier alpha value is -2.01. The first kappa shape index (κ1) is 12.0. The topological polar surface area (TPSA) is 62.3 Å². The van der Waals surface area contributed by atoms with Gasteiger partial charge in [0, 0.05) is 24.8 Å². The van der Waals surface area contributed by atoms with Gasteiger partial charge < -0.3 is 19.8 Å². The highest BCUT2D eigenvalue weighted by Crippen LogP contribution is 2.34. The quantitative estimate of drug-likeness (QED) is 0.890. The molecule has 1 aliphatic heterocycles. The van der Waals surface area contributed by atoms with Gasteiger partial charge in [0.2, 0.25) is 0 Å². The summed E-state index contributed by atoms with van der Waals surface area (Å²) in [5.41, 5.74) is 8.72. The molecule has 2 heterocycles. The van der Waals surface area contributed by atoms with E-state index < -0.39 is 0 Å². The zero-order chi connectivity index (χ0) is 13.4. The number of fused-ring (bicyclic) bond motifs is 1. The fraction of sp³-hybridized carbons (Fsp3) is 0.357. The number of nitrogens with two attached hydrogens (primary N) is 1. The van der Waals surface area contributed by atoms with Crippen LogP contribution in [-0.4, -0.2) is 22.8 Å². The highest BCUT2D eigenvalue weighted by Gasteiger charge is 2.16. The van der Waals surface area contributed by atoms with E-state index in [2.05, 4.69) is 4.98 Å². The van der Waals surface area contributed by atoms with Crippen molar-refractivity contribution in [3.8, 4) is 22.9 Å². The molecule has 0 aliphatic carbocycles. The molecular weight excluding hydrogens is 242 g/mol. The van der Waals surface area contributed by atoms with Gasteiger partial charge in [-0.05, 0) is 25.1 Å². The van der Waals surface area contributed by atoms with E-state index in [4.69, 9.17) is 15.2 Å². The second kappa shape index (κ2) is 4.59. The highest BCUT2D eigenvalue weighted by atomic mass is 16.6. The van der Waals surface area contributed by atoms with Crippen LogP contribution >= 0.6 is 0 Å². The van der Waals surface area contributed by atoms with Crippen LogP contribution in [0.5, 0.6) is 11.5 Å². The summed E-state index contributed by atoms with van der Waals surface area (Å²) in [5, 5.41) is 0. The predicted molar refractivity (Wildman–Crippen MR) is 72.3 cm³/mol. The average Bonchev–Trinajstić information content (AvgIpc) is 2.74. The maximum Gasteiger partial charge on any atom is 0.162 e. The molecule has 100 valence electrons. The van der Waals surface area contributed by atoms with E-state index in [0.29, 0.717) is 19.8 Å². The van der Waals surface area contributed by atoms with Crippen molar-refractivity contribution in [2.24, 2.45) is 12.8 Å². The minimum Gasteiger partial charge on any atom is -0.486 e. The summed E-state index contributed by atoms with van der Waals surface area (Å²) >= 11 is 0. The van der Waals surface area contributed by atoms with Gasteiger partial charge in [-0.2, -0.15) is 0 Å². The summed E-state index contributed by atoms with van der Waals surface area (Å²) in [7, 11) is 1.99. The van der Waals surface area contributed by atoms with Gasteiger partial charge in [0.25, 0.3) is 0 Å². The van der Waals surface area contributed by atoms with Crippen molar-refractivity contribution in [2.45, 2.75) is 13.5 Å². The summed E-state index contributed by atoms with van der Waals surface area (Å²) in [5.74, 6) is 2.47. The third-order valence-corrected chi connectivity index (χ3v) is 3.47. The van der Waals surface area contributed by atoms with Crippen molar-refractivity contribution in [1.82, 2.24) is 9.55 Å². The van der Waals surface area contributed by atoms with Gasteiger partial charge in [-0.3, -0.25) is 0 Å². The lowest BCUT2D eigenvalue weighted by molar-refractivity contribution is 0.171. The molecule has 19 heavy (non-hydrogen) atoms. The van der Waals surface area contributed by atoms with Gasteiger partial charge in [-0.25, -0.2) is 4.98 Å². The number of imidazole rings is 1. The molecule has 0 saturated carbocycles. The Morgan fingerprint density at radius 3 is 2.68 bits per heavy atom. The second-order valence-electron chi connectivity index (χ2n) is 4.59. The number of rotatable bonds is 2. The zero-order valence-corrected chi connectivity index (χ0v) is 11.1. The van der Waals surface area contributed by atoms with Crippen molar-refractivity contribution in [1.29, 1.82) is 0 Å². The zero-order valence-electron chi connectivity index (χ0n) is 11.1. The predicted octanol–water partition coefficient (Wildman–Crippen LogP) is 1.63. The van der Waals surface area contributed by atoms with Crippen LogP contribution in [0.15, 0.2) is 18.2 Å². The van der Waals surface area contributed by atoms with Crippen LogP contribution < -0.4 is 15.2 Å². The number of aromatic nitrogens is 2. The first-order valence-corrected chi connectivity index (χ1v) is 6.33. The molecule has 0 unspecified atom stereocenters. The third-order valence-electron chi connectivity index (χ3n) is 3.47. The Morgan fingerprint density at radius 2 is 2.00 bits per heavy atom. The van der Waals surface area contributed by atoms with E-state index in [1.807, 2.05) is 36.7 Å². The van der Waals surface area contributed by atoms with Gasteiger partial charge in [0.15, 0.2) is 11.5 Å². The molecule has 0 amide bonds. The number of benzene rings is 1. The van der Waals surface area contributed by atoms with E-state index in [9.17, 15) is 0 Å². The highest BCUT2D eigenvalue weighted by molar-refractivity contribution is 5.62. The van der Waals surface area contributed by atoms with Crippen LogP contribution in [0.4, 0.5) is 0 Å². The van der Waals surface area contributed by atoms with Crippen LogP contribution in [0.1, 0.15) is 11.4 Å². The van der Waals surface area contributed by atoms with Crippen molar-refractivity contribution < 1.29 is 9.47 Å². The summed E-state index contributed by atoms with van der Waals surface area (Å²) < 4.78 is 13.2. The van der Waals surface area contributed by atoms with Gasteiger partial charge >= 0.3 is 0 Å². The fourth-order valence-corrected chi connectivity index (χ4v) is 2.27. The molecule has 0 radical (unpaired) electrons. The molecule has 5 nitrogen and oxygen atoms in total. The van der Waals surface area contributed by atoms with Crippen LogP contribution in [0, 0.1) is 6.92 Å². The Bertz CT molecular complexity index is 619. The Balaban J connectivity index is 2.07. The van der Waals surface area contributed by atoms with Gasteiger partial charge in [0.05, 0.1) is 5.69 Å². The lowest BCUT2D eigenvalue weighted by Crippen LogP contribution is -2.15. The Morgan fingerprint density at radius 1 is 1.26 bits per heavy atom. The number of hydrogen-bond acceptors (Lipinski definition) is 4. The van der Waals surface area contributed by atoms with Crippen LogP contribution in [-0.2, 0) is 13.6 Å². The van der Waals surface area contributed by atoms with Crippen LogP contribution in [0.25, 0.3) is 11.4 Å². The molecule has 3 rings (SSSR count). The molecule has 0 bridgehead atoms. The fourth-order valence-electron chi connectivity index (χ4n) is 2.27. The summed E-state index contributed by atoms with van der Waals surface area (Å²) in [4.78, 5) is 4.59. The Kier molecular flexibility index (Phi) is 2.91. The summed E-state index contributed by atoms with van der Waals surface area (Å²) in [6.45, 7) is 3.66. The molecule has 0 atom stereocenters. The smallest absolute Gasteiger partial charge is 0.162 e. The van der Waals surface area contributed by atoms with E-state index in [1.165, 1.54) is 0 Å². The van der Waals surface area contributed by atoms with Gasteiger partial charge in [-0.15, -0.1) is 0 Å². The molecule has 0 fully saturated rings. The number of hydrogen-bond donors (Lipinski definition) is 1. The van der Waals surface area contributed by atoms with Crippen molar-refractivity contribution in [2.75, 3.05) is 13.2 Å². The van der Waals surface area contributed by atoms with Gasteiger partial charge in [0.1, 0.15) is 19.0 Å². The van der Waals surface area contributed by atoms with Crippen molar-refractivity contribution >= 4 is 0 Å². The number of ether oxygens (including phenoxy) is 2.